The van der Waals surface area contributed by atoms with E-state index >= 15 is 0 Å². The van der Waals surface area contributed by atoms with Crippen LogP contribution in [0.15, 0.2) is 60.7 Å². The van der Waals surface area contributed by atoms with Gasteiger partial charge in [0.1, 0.15) is 0 Å². The number of benzene rings is 2. The smallest absolute Gasteiger partial charge is 0.407 e. The lowest BCUT2D eigenvalue weighted by Gasteiger charge is -2.42. The Morgan fingerprint density at radius 3 is 2.15 bits per heavy atom. The van der Waals surface area contributed by atoms with Gasteiger partial charge in [-0.2, -0.15) is 0 Å². The van der Waals surface area contributed by atoms with E-state index in [2.05, 4.69) is 10.6 Å². The largest absolute Gasteiger partial charge is 0.465 e. The van der Waals surface area contributed by atoms with Crippen LogP contribution in [0.2, 0.25) is 0 Å². The van der Waals surface area contributed by atoms with Crippen molar-refractivity contribution in [1.29, 1.82) is 0 Å². The molecule has 27 heavy (non-hydrogen) atoms. The lowest BCUT2D eigenvalue weighted by Crippen LogP contribution is -2.56. The lowest BCUT2D eigenvalue weighted by molar-refractivity contribution is 0.108. The second-order valence-electron chi connectivity index (χ2n) is 6.83. The zero-order chi connectivity index (χ0) is 19.1. The molecule has 0 saturated carbocycles. The minimum atomic E-state index is -0.913. The molecule has 2 aromatic rings. The summed E-state index contributed by atoms with van der Waals surface area (Å²) in [6.45, 7) is 1.34. The number of urea groups is 1. The van der Waals surface area contributed by atoms with Gasteiger partial charge in [0.15, 0.2) is 0 Å². The van der Waals surface area contributed by atoms with E-state index in [1.54, 1.807) is 0 Å². The first kappa shape index (κ1) is 18.8. The fourth-order valence-electron chi connectivity index (χ4n) is 3.55. The maximum absolute atomic E-state index is 12.5. The van der Waals surface area contributed by atoms with Crippen molar-refractivity contribution in [2.45, 2.75) is 24.8 Å². The van der Waals surface area contributed by atoms with Crippen LogP contribution in [0.4, 0.5) is 9.59 Å². The standard InChI is InChI=1S/C21H25N3O3/c25-19(22-14-11-17-7-3-1-4-8-17)23-21(18-9-5-2-6-10-18)12-15-24(16-13-21)20(26)27/h1-10H,11-16H2,(H,26,27)(H2,22,23,25). The zero-order valence-electron chi connectivity index (χ0n) is 15.2. The van der Waals surface area contributed by atoms with E-state index in [4.69, 9.17) is 0 Å². The fraction of sp³-hybridized carbons (Fsp3) is 0.333. The molecular formula is C21H25N3O3. The van der Waals surface area contributed by atoms with Crippen LogP contribution < -0.4 is 10.6 Å². The number of carbonyl (C=O) groups is 2. The molecule has 0 unspecified atom stereocenters. The first-order chi connectivity index (χ1) is 13.1. The number of rotatable bonds is 5. The molecule has 1 saturated heterocycles. The molecule has 142 valence electrons. The van der Waals surface area contributed by atoms with Crippen LogP contribution in [0.3, 0.4) is 0 Å². The van der Waals surface area contributed by atoms with Gasteiger partial charge in [0, 0.05) is 19.6 Å². The Bertz CT molecular complexity index is 757. The summed E-state index contributed by atoms with van der Waals surface area (Å²) in [5.74, 6) is 0. The van der Waals surface area contributed by atoms with Gasteiger partial charge in [0.2, 0.25) is 0 Å². The van der Waals surface area contributed by atoms with Crippen LogP contribution in [0.25, 0.3) is 0 Å². The van der Waals surface area contributed by atoms with Gasteiger partial charge in [-0.25, -0.2) is 9.59 Å². The maximum Gasteiger partial charge on any atom is 0.407 e. The van der Waals surface area contributed by atoms with Crippen molar-refractivity contribution >= 4 is 12.1 Å². The quantitative estimate of drug-likeness (QED) is 0.759. The Morgan fingerprint density at radius 1 is 0.963 bits per heavy atom. The zero-order valence-corrected chi connectivity index (χ0v) is 15.2. The average molecular weight is 367 g/mol. The highest BCUT2D eigenvalue weighted by Gasteiger charge is 2.38. The first-order valence-electron chi connectivity index (χ1n) is 9.22. The van der Waals surface area contributed by atoms with Gasteiger partial charge in [-0.3, -0.25) is 0 Å². The number of likely N-dealkylation sites (tertiary alicyclic amines) is 1. The van der Waals surface area contributed by atoms with Crippen molar-refractivity contribution in [3.8, 4) is 0 Å². The molecule has 1 aliphatic rings. The summed E-state index contributed by atoms with van der Waals surface area (Å²) < 4.78 is 0. The summed E-state index contributed by atoms with van der Waals surface area (Å²) in [4.78, 5) is 25.2. The highest BCUT2D eigenvalue weighted by molar-refractivity contribution is 5.75. The molecular weight excluding hydrogens is 342 g/mol. The third-order valence-electron chi connectivity index (χ3n) is 5.11. The van der Waals surface area contributed by atoms with Crippen molar-refractivity contribution in [1.82, 2.24) is 15.5 Å². The third kappa shape index (κ3) is 4.78. The number of carbonyl (C=O) groups excluding carboxylic acids is 1. The molecule has 6 heteroatoms. The van der Waals surface area contributed by atoms with Crippen molar-refractivity contribution in [3.05, 3.63) is 71.8 Å². The monoisotopic (exact) mass is 367 g/mol. The summed E-state index contributed by atoms with van der Waals surface area (Å²) in [7, 11) is 0. The Kier molecular flexibility index (Phi) is 5.96. The maximum atomic E-state index is 12.5. The number of hydrogen-bond acceptors (Lipinski definition) is 2. The molecule has 2 aromatic carbocycles. The molecule has 0 aromatic heterocycles. The summed E-state index contributed by atoms with van der Waals surface area (Å²) in [5, 5.41) is 15.3. The average Bonchev–Trinajstić information content (AvgIpc) is 2.70. The molecule has 0 atom stereocenters. The van der Waals surface area contributed by atoms with E-state index < -0.39 is 11.6 Å². The summed E-state index contributed by atoms with van der Waals surface area (Å²) in [6, 6.07) is 19.6. The second kappa shape index (κ2) is 8.58. The topological polar surface area (TPSA) is 81.7 Å². The highest BCUT2D eigenvalue weighted by atomic mass is 16.4. The van der Waals surface area contributed by atoms with E-state index in [0.717, 1.165) is 12.0 Å². The van der Waals surface area contributed by atoms with Crippen LogP contribution in [0, 0.1) is 0 Å². The van der Waals surface area contributed by atoms with Gasteiger partial charge < -0.3 is 20.6 Å². The Balaban J connectivity index is 1.63. The SMILES string of the molecule is O=C(NCCc1ccccc1)NC1(c2ccccc2)CCN(C(=O)O)CC1. The van der Waals surface area contributed by atoms with Crippen molar-refractivity contribution < 1.29 is 14.7 Å². The van der Waals surface area contributed by atoms with E-state index in [0.29, 0.717) is 32.5 Å². The summed E-state index contributed by atoms with van der Waals surface area (Å²) in [5.41, 5.74) is 1.63. The number of amides is 3. The predicted octanol–water partition coefficient (Wildman–Crippen LogP) is 3.20. The van der Waals surface area contributed by atoms with Gasteiger partial charge in [-0.15, -0.1) is 0 Å². The minimum Gasteiger partial charge on any atom is -0.465 e. The normalized spacial score (nSPS) is 15.8. The van der Waals surface area contributed by atoms with Gasteiger partial charge in [-0.05, 0) is 30.4 Å². The Morgan fingerprint density at radius 2 is 1.56 bits per heavy atom. The van der Waals surface area contributed by atoms with Gasteiger partial charge in [-0.1, -0.05) is 60.7 Å². The van der Waals surface area contributed by atoms with Crippen molar-refractivity contribution in [3.63, 3.8) is 0 Å². The fourth-order valence-corrected chi connectivity index (χ4v) is 3.55. The van der Waals surface area contributed by atoms with E-state index in [1.165, 1.54) is 10.5 Å². The summed E-state index contributed by atoms with van der Waals surface area (Å²) in [6.07, 6.45) is 0.952. The Hall–Kier alpha value is -3.02. The van der Waals surface area contributed by atoms with Crippen LogP contribution in [0.5, 0.6) is 0 Å². The molecule has 3 rings (SSSR count). The Labute approximate surface area is 159 Å². The minimum absolute atomic E-state index is 0.224. The molecule has 3 N–H and O–H groups in total. The molecule has 0 aliphatic carbocycles. The van der Waals surface area contributed by atoms with Crippen LogP contribution in [-0.2, 0) is 12.0 Å². The van der Waals surface area contributed by atoms with Crippen LogP contribution in [0.1, 0.15) is 24.0 Å². The molecule has 3 amide bonds. The van der Waals surface area contributed by atoms with Gasteiger partial charge >= 0.3 is 12.1 Å². The molecule has 0 spiro atoms. The lowest BCUT2D eigenvalue weighted by atomic mass is 9.81. The van der Waals surface area contributed by atoms with E-state index in [-0.39, 0.29) is 6.03 Å². The predicted molar refractivity (Wildman–Crippen MR) is 104 cm³/mol. The first-order valence-corrected chi connectivity index (χ1v) is 9.22. The van der Waals surface area contributed by atoms with E-state index in [9.17, 15) is 14.7 Å². The van der Waals surface area contributed by atoms with Crippen LogP contribution in [-0.4, -0.2) is 41.8 Å². The van der Waals surface area contributed by atoms with E-state index in [1.807, 2.05) is 60.7 Å². The number of nitrogens with zero attached hydrogens (tertiary/aromatic N) is 1. The number of piperidine rings is 1. The van der Waals surface area contributed by atoms with Crippen molar-refractivity contribution in [2.24, 2.45) is 0 Å². The summed E-state index contributed by atoms with van der Waals surface area (Å²) >= 11 is 0. The molecule has 0 bridgehead atoms. The van der Waals surface area contributed by atoms with Crippen molar-refractivity contribution in [2.75, 3.05) is 19.6 Å². The highest BCUT2D eigenvalue weighted by Crippen LogP contribution is 2.33. The number of carboxylic acid groups (broad SMARTS) is 1. The third-order valence-corrected chi connectivity index (χ3v) is 5.11. The molecule has 1 heterocycles. The molecule has 1 aliphatic heterocycles. The number of nitrogens with one attached hydrogen (secondary N) is 2. The van der Waals surface area contributed by atoms with Gasteiger partial charge in [0.05, 0.1) is 5.54 Å². The van der Waals surface area contributed by atoms with Gasteiger partial charge in [0.25, 0.3) is 0 Å². The molecule has 1 fully saturated rings. The molecule has 0 radical (unpaired) electrons. The number of hydrogen-bond donors (Lipinski definition) is 3. The second-order valence-corrected chi connectivity index (χ2v) is 6.83. The van der Waals surface area contributed by atoms with Crippen LogP contribution >= 0.6 is 0 Å². The molecule has 6 nitrogen and oxygen atoms in total.